The number of rotatable bonds is 4. The van der Waals surface area contributed by atoms with Crippen molar-refractivity contribution in [2.24, 2.45) is 0 Å². The number of allylic oxidation sites excluding steroid dienone is 3. The topological polar surface area (TPSA) is 58.1 Å². The lowest BCUT2D eigenvalue weighted by Crippen LogP contribution is -2.44. The van der Waals surface area contributed by atoms with Crippen molar-refractivity contribution in [3.63, 3.8) is 0 Å². The van der Waals surface area contributed by atoms with Gasteiger partial charge in [0.1, 0.15) is 0 Å². The molecule has 20 heavy (non-hydrogen) atoms. The molecule has 1 fully saturated rings. The summed E-state index contributed by atoms with van der Waals surface area (Å²) in [5.41, 5.74) is 0. The lowest BCUT2D eigenvalue weighted by Gasteiger charge is -2.32. The molecule has 2 heterocycles. The third-order valence-corrected chi connectivity index (χ3v) is 3.23. The van der Waals surface area contributed by atoms with Crippen LogP contribution < -0.4 is 10.2 Å². The molecule has 5 heteroatoms. The molecule has 2 rings (SSSR count). The maximum absolute atomic E-state index is 11.7. The zero-order chi connectivity index (χ0) is 14.2. The third-order valence-electron chi connectivity index (χ3n) is 3.23. The molecule has 0 saturated carbocycles. The predicted molar refractivity (Wildman–Crippen MR) is 79.4 cm³/mol. The van der Waals surface area contributed by atoms with Crippen LogP contribution in [0.3, 0.4) is 0 Å². The van der Waals surface area contributed by atoms with Crippen LogP contribution in [0, 0.1) is 0 Å². The summed E-state index contributed by atoms with van der Waals surface area (Å²) in [5.74, 6) is 0.739. The zero-order valence-electron chi connectivity index (χ0n) is 11.7. The van der Waals surface area contributed by atoms with Crippen LogP contribution in [0.15, 0.2) is 42.8 Å². The Labute approximate surface area is 119 Å². The van der Waals surface area contributed by atoms with Crippen molar-refractivity contribution in [2.45, 2.75) is 25.8 Å². The number of amides is 1. The highest BCUT2D eigenvalue weighted by atomic mass is 16.1. The lowest BCUT2D eigenvalue weighted by atomic mass is 10.1. The molecule has 5 nitrogen and oxygen atoms in total. The number of anilines is 1. The van der Waals surface area contributed by atoms with E-state index >= 15 is 0 Å². The Hall–Kier alpha value is -2.17. The van der Waals surface area contributed by atoms with Crippen LogP contribution in [0.25, 0.3) is 0 Å². The van der Waals surface area contributed by atoms with Gasteiger partial charge >= 0.3 is 0 Å². The average Bonchev–Trinajstić information content (AvgIpc) is 2.49. The second kappa shape index (κ2) is 7.43. The minimum absolute atomic E-state index is 0.0301. The monoisotopic (exact) mass is 272 g/mol. The number of piperidine rings is 1. The molecule has 0 aromatic carbocycles. The number of hydrogen-bond acceptors (Lipinski definition) is 4. The molecule has 1 aliphatic rings. The highest BCUT2D eigenvalue weighted by Crippen LogP contribution is 2.15. The minimum atomic E-state index is -0.0301. The van der Waals surface area contributed by atoms with E-state index in [0.29, 0.717) is 0 Å². The Morgan fingerprint density at radius 1 is 1.30 bits per heavy atom. The van der Waals surface area contributed by atoms with E-state index in [1.165, 1.54) is 0 Å². The summed E-state index contributed by atoms with van der Waals surface area (Å²) < 4.78 is 0. The van der Waals surface area contributed by atoms with Crippen LogP contribution in [0.2, 0.25) is 0 Å². The fourth-order valence-corrected chi connectivity index (χ4v) is 2.18. The number of carbonyl (C=O) groups excluding carboxylic acids is 1. The molecule has 1 aromatic rings. The summed E-state index contributed by atoms with van der Waals surface area (Å²) in [6.45, 7) is 3.66. The molecule has 0 unspecified atom stereocenters. The van der Waals surface area contributed by atoms with E-state index in [1.54, 1.807) is 24.5 Å². The maximum Gasteiger partial charge on any atom is 0.244 e. The standard InChI is InChI=1S/C15H20N4O/c1-2-3-4-6-14(20)18-13-7-11-19(12-8-13)15-16-9-5-10-17-15/h2-6,9-10,13H,7-8,11-12H2,1H3,(H,18,20)/b3-2+,6-4-. The number of aromatic nitrogens is 2. The number of carbonyl (C=O) groups is 1. The Kier molecular flexibility index (Phi) is 5.29. The molecule has 1 saturated heterocycles. The summed E-state index contributed by atoms with van der Waals surface area (Å²) in [5, 5.41) is 3.02. The van der Waals surface area contributed by atoms with Crippen molar-refractivity contribution in [3.05, 3.63) is 42.8 Å². The average molecular weight is 272 g/mol. The molecule has 1 N–H and O–H groups in total. The molecule has 1 aliphatic heterocycles. The zero-order valence-corrected chi connectivity index (χ0v) is 11.7. The lowest BCUT2D eigenvalue weighted by molar-refractivity contribution is -0.117. The Bertz CT molecular complexity index is 476. The molecule has 0 radical (unpaired) electrons. The molecule has 106 valence electrons. The van der Waals surface area contributed by atoms with Gasteiger partial charge in [-0.3, -0.25) is 4.79 Å². The smallest absolute Gasteiger partial charge is 0.244 e. The van der Waals surface area contributed by atoms with Crippen LogP contribution >= 0.6 is 0 Å². The molecular weight excluding hydrogens is 252 g/mol. The Morgan fingerprint density at radius 3 is 2.65 bits per heavy atom. The van der Waals surface area contributed by atoms with Gasteiger partial charge in [-0.2, -0.15) is 0 Å². The van der Waals surface area contributed by atoms with Crippen molar-refractivity contribution in [1.29, 1.82) is 0 Å². The van der Waals surface area contributed by atoms with Gasteiger partial charge in [0.2, 0.25) is 11.9 Å². The van der Waals surface area contributed by atoms with Gasteiger partial charge < -0.3 is 10.2 Å². The van der Waals surface area contributed by atoms with Gasteiger partial charge in [-0.15, -0.1) is 0 Å². The van der Waals surface area contributed by atoms with E-state index < -0.39 is 0 Å². The van der Waals surface area contributed by atoms with Crippen LogP contribution in [0.1, 0.15) is 19.8 Å². The van der Waals surface area contributed by atoms with E-state index in [0.717, 1.165) is 31.9 Å². The fraction of sp³-hybridized carbons (Fsp3) is 0.400. The van der Waals surface area contributed by atoms with Crippen molar-refractivity contribution in [3.8, 4) is 0 Å². The Balaban J connectivity index is 1.78. The third kappa shape index (κ3) is 4.19. The van der Waals surface area contributed by atoms with Gasteiger partial charge in [-0.1, -0.05) is 18.2 Å². The van der Waals surface area contributed by atoms with Crippen LogP contribution in [0.5, 0.6) is 0 Å². The normalized spacial score (nSPS) is 16.9. The molecule has 0 aliphatic carbocycles. The van der Waals surface area contributed by atoms with Crippen molar-refractivity contribution in [2.75, 3.05) is 18.0 Å². The highest BCUT2D eigenvalue weighted by Gasteiger charge is 2.21. The van der Waals surface area contributed by atoms with Crippen LogP contribution in [-0.4, -0.2) is 35.0 Å². The van der Waals surface area contributed by atoms with Gasteiger partial charge in [0.15, 0.2) is 0 Å². The quantitative estimate of drug-likeness (QED) is 0.669. The first-order valence-electron chi connectivity index (χ1n) is 6.91. The van der Waals surface area contributed by atoms with E-state index in [2.05, 4.69) is 20.2 Å². The predicted octanol–water partition coefficient (Wildman–Crippen LogP) is 1.69. The van der Waals surface area contributed by atoms with Crippen LogP contribution in [0.4, 0.5) is 5.95 Å². The molecular formula is C15H20N4O. The number of nitrogens with one attached hydrogen (secondary N) is 1. The van der Waals surface area contributed by atoms with E-state index in [-0.39, 0.29) is 11.9 Å². The fourth-order valence-electron chi connectivity index (χ4n) is 2.18. The van der Waals surface area contributed by atoms with E-state index in [1.807, 2.05) is 25.1 Å². The van der Waals surface area contributed by atoms with Crippen molar-refractivity contribution >= 4 is 11.9 Å². The van der Waals surface area contributed by atoms with E-state index in [9.17, 15) is 4.79 Å². The van der Waals surface area contributed by atoms with Crippen molar-refractivity contribution in [1.82, 2.24) is 15.3 Å². The minimum Gasteiger partial charge on any atom is -0.350 e. The molecule has 1 aromatic heterocycles. The Morgan fingerprint density at radius 2 is 2.00 bits per heavy atom. The summed E-state index contributed by atoms with van der Waals surface area (Å²) in [6, 6.07) is 2.05. The molecule has 0 atom stereocenters. The first-order valence-corrected chi connectivity index (χ1v) is 6.91. The summed E-state index contributed by atoms with van der Waals surface area (Å²) in [6.07, 6.45) is 12.4. The summed E-state index contributed by atoms with van der Waals surface area (Å²) in [7, 11) is 0. The second-order valence-corrected chi connectivity index (χ2v) is 4.70. The highest BCUT2D eigenvalue weighted by molar-refractivity contribution is 5.88. The van der Waals surface area contributed by atoms with Gasteiger partial charge in [-0.25, -0.2) is 9.97 Å². The maximum atomic E-state index is 11.7. The summed E-state index contributed by atoms with van der Waals surface area (Å²) >= 11 is 0. The van der Waals surface area contributed by atoms with E-state index in [4.69, 9.17) is 0 Å². The first-order chi connectivity index (χ1) is 9.79. The van der Waals surface area contributed by atoms with Gasteiger partial charge in [0.25, 0.3) is 0 Å². The number of nitrogens with zero attached hydrogens (tertiary/aromatic N) is 3. The number of hydrogen-bond donors (Lipinski definition) is 1. The van der Waals surface area contributed by atoms with Crippen LogP contribution in [-0.2, 0) is 4.79 Å². The summed E-state index contributed by atoms with van der Waals surface area (Å²) in [4.78, 5) is 22.3. The largest absolute Gasteiger partial charge is 0.350 e. The SMILES string of the molecule is C/C=C/C=C\C(=O)NC1CCN(c2ncccn2)CC1. The van der Waals surface area contributed by atoms with Crippen molar-refractivity contribution < 1.29 is 4.79 Å². The van der Waals surface area contributed by atoms with Gasteiger partial charge in [-0.05, 0) is 25.8 Å². The van der Waals surface area contributed by atoms with Gasteiger partial charge in [0, 0.05) is 37.6 Å². The molecule has 0 bridgehead atoms. The molecule has 1 amide bonds. The van der Waals surface area contributed by atoms with Gasteiger partial charge in [0.05, 0.1) is 0 Å². The first kappa shape index (κ1) is 14.2. The molecule has 0 spiro atoms. The second-order valence-electron chi connectivity index (χ2n) is 4.70.